The second-order valence-electron chi connectivity index (χ2n) is 7.00. The summed E-state index contributed by atoms with van der Waals surface area (Å²) in [7, 11) is 0. The average Bonchev–Trinajstić information content (AvgIpc) is 3.49. The predicted octanol–water partition coefficient (Wildman–Crippen LogP) is 4.24. The Hall–Kier alpha value is -3.26. The van der Waals surface area contributed by atoms with E-state index in [9.17, 15) is 9.70 Å². The van der Waals surface area contributed by atoms with Gasteiger partial charge in [-0.15, -0.1) is 4.91 Å². The number of nitrogens with zero attached hydrogens (tertiary/aromatic N) is 4. The molecule has 2 heterocycles. The third-order valence-corrected chi connectivity index (χ3v) is 5.02. The van der Waals surface area contributed by atoms with E-state index < -0.39 is 5.91 Å². The third kappa shape index (κ3) is 4.83. The Kier molecular flexibility index (Phi) is 6.04. The van der Waals surface area contributed by atoms with E-state index in [0.717, 1.165) is 5.56 Å². The summed E-state index contributed by atoms with van der Waals surface area (Å²) in [5.74, 6) is 1.30. The Morgan fingerprint density at radius 3 is 2.83 bits per heavy atom. The van der Waals surface area contributed by atoms with Crippen molar-refractivity contribution in [3.63, 3.8) is 0 Å². The van der Waals surface area contributed by atoms with Gasteiger partial charge in [-0.05, 0) is 48.6 Å². The summed E-state index contributed by atoms with van der Waals surface area (Å²) < 4.78 is 13.1. The molecule has 0 spiro atoms. The first-order valence-corrected chi connectivity index (χ1v) is 9.94. The van der Waals surface area contributed by atoms with Gasteiger partial charge in [0.1, 0.15) is 5.75 Å². The van der Waals surface area contributed by atoms with Crippen LogP contribution in [0.5, 0.6) is 11.6 Å². The lowest BCUT2D eigenvalue weighted by Gasteiger charge is -2.11. The second-order valence-corrected chi connectivity index (χ2v) is 7.41. The van der Waals surface area contributed by atoms with Crippen LogP contribution in [-0.2, 0) is 6.42 Å². The number of hydrogen-bond donors (Lipinski definition) is 0. The van der Waals surface area contributed by atoms with Gasteiger partial charge in [0.15, 0.2) is 5.82 Å². The zero-order valence-corrected chi connectivity index (χ0v) is 16.8. The van der Waals surface area contributed by atoms with E-state index >= 15 is 0 Å². The minimum absolute atomic E-state index is 0.136. The molecule has 1 amide bonds. The molecule has 1 aliphatic rings. The molecule has 0 atom stereocenters. The highest BCUT2D eigenvalue weighted by atomic mass is 35.5. The number of ether oxygens (including phenoxy) is 2. The van der Waals surface area contributed by atoms with Crippen LogP contribution in [0.3, 0.4) is 0 Å². The van der Waals surface area contributed by atoms with Gasteiger partial charge in [0.25, 0.3) is 0 Å². The van der Waals surface area contributed by atoms with Gasteiger partial charge in [0.05, 0.1) is 30.0 Å². The predicted molar refractivity (Wildman–Crippen MR) is 110 cm³/mol. The molecule has 30 heavy (non-hydrogen) atoms. The maximum atomic E-state index is 11.5. The Labute approximate surface area is 177 Å². The Morgan fingerprint density at radius 1 is 1.17 bits per heavy atom. The van der Waals surface area contributed by atoms with Crippen molar-refractivity contribution in [1.29, 1.82) is 0 Å². The minimum atomic E-state index is -0.865. The van der Waals surface area contributed by atoms with E-state index in [2.05, 4.69) is 15.3 Å². The van der Waals surface area contributed by atoms with Gasteiger partial charge in [-0.3, -0.25) is 4.79 Å². The van der Waals surface area contributed by atoms with Crippen molar-refractivity contribution in [2.75, 3.05) is 13.2 Å². The maximum absolute atomic E-state index is 11.5. The number of carbonyl (C=O) groups excluding carboxylic acids is 1. The molecule has 0 saturated heterocycles. The van der Waals surface area contributed by atoms with Crippen LogP contribution in [0.4, 0.5) is 0 Å². The van der Waals surface area contributed by atoms with Crippen molar-refractivity contribution in [3.8, 4) is 17.4 Å². The van der Waals surface area contributed by atoms with E-state index in [0.29, 0.717) is 48.0 Å². The van der Waals surface area contributed by atoms with E-state index in [1.54, 1.807) is 12.3 Å². The average molecular weight is 427 g/mol. The monoisotopic (exact) mass is 426 g/mol. The fourth-order valence-electron chi connectivity index (χ4n) is 2.87. The van der Waals surface area contributed by atoms with E-state index in [1.807, 2.05) is 18.2 Å². The number of hydrogen-bond acceptors (Lipinski definition) is 6. The number of rotatable bonds is 9. The lowest BCUT2D eigenvalue weighted by Crippen LogP contribution is -2.08. The first kappa shape index (κ1) is 20.0. The smallest absolute Gasteiger partial charge is 0.316 e. The first-order chi connectivity index (χ1) is 14.6. The summed E-state index contributed by atoms with van der Waals surface area (Å²) in [4.78, 5) is 26.2. The van der Waals surface area contributed by atoms with Gasteiger partial charge in [0.2, 0.25) is 5.88 Å². The molecule has 1 aromatic carbocycles. The zero-order chi connectivity index (χ0) is 20.9. The molecule has 0 aliphatic heterocycles. The SMILES string of the molecule is O=NC(=O)c1ccnc(-n2nccc2OCCc2ccc(Cl)c(OCC3CC3)c2)c1. The zero-order valence-electron chi connectivity index (χ0n) is 16.0. The van der Waals surface area contributed by atoms with Crippen molar-refractivity contribution in [3.05, 3.63) is 69.8 Å². The number of halogens is 1. The van der Waals surface area contributed by atoms with Crippen molar-refractivity contribution in [2.24, 2.45) is 11.1 Å². The second kappa shape index (κ2) is 9.04. The summed E-state index contributed by atoms with van der Waals surface area (Å²) in [6.45, 7) is 1.09. The fourth-order valence-corrected chi connectivity index (χ4v) is 3.04. The molecule has 0 unspecified atom stereocenters. The highest BCUT2D eigenvalue weighted by molar-refractivity contribution is 6.32. The maximum Gasteiger partial charge on any atom is 0.316 e. The van der Waals surface area contributed by atoms with Crippen LogP contribution in [0, 0.1) is 10.8 Å². The summed E-state index contributed by atoms with van der Waals surface area (Å²) in [5, 5.41) is 7.21. The number of aromatic nitrogens is 3. The van der Waals surface area contributed by atoms with Gasteiger partial charge < -0.3 is 9.47 Å². The van der Waals surface area contributed by atoms with Crippen LogP contribution < -0.4 is 9.47 Å². The van der Waals surface area contributed by atoms with Gasteiger partial charge in [-0.2, -0.15) is 9.78 Å². The Morgan fingerprint density at radius 2 is 2.03 bits per heavy atom. The van der Waals surface area contributed by atoms with Crippen molar-refractivity contribution in [2.45, 2.75) is 19.3 Å². The standard InChI is InChI=1S/C21H19ClN4O4/c22-17-4-3-14(11-18(17)30-13-15-1-2-15)7-10-29-20-6-9-24-26(20)19-12-16(5-8-23-19)21(27)25-28/h3-6,8-9,11-12,15H,1-2,7,10,13H2. The van der Waals surface area contributed by atoms with Gasteiger partial charge in [-0.1, -0.05) is 17.7 Å². The molecule has 1 fully saturated rings. The van der Waals surface area contributed by atoms with Crippen LogP contribution in [0.25, 0.3) is 5.82 Å². The molecule has 2 aromatic heterocycles. The Bertz CT molecular complexity index is 1060. The molecule has 0 radical (unpaired) electrons. The molecule has 1 aliphatic carbocycles. The summed E-state index contributed by atoms with van der Waals surface area (Å²) in [6, 6.07) is 10.3. The van der Waals surface area contributed by atoms with Crippen molar-refractivity contribution < 1.29 is 14.3 Å². The number of carbonyl (C=O) groups is 1. The Balaban J connectivity index is 1.40. The molecular formula is C21H19ClN4O4. The normalized spacial score (nSPS) is 13.1. The molecule has 0 bridgehead atoms. The molecule has 0 N–H and O–H groups in total. The van der Waals surface area contributed by atoms with Crippen molar-refractivity contribution in [1.82, 2.24) is 14.8 Å². The first-order valence-electron chi connectivity index (χ1n) is 9.56. The number of pyridine rings is 1. The van der Waals surface area contributed by atoms with Crippen LogP contribution >= 0.6 is 11.6 Å². The number of benzene rings is 1. The largest absolute Gasteiger partial charge is 0.492 e. The van der Waals surface area contributed by atoms with Gasteiger partial charge in [-0.25, -0.2) is 4.98 Å². The van der Waals surface area contributed by atoms with Crippen LogP contribution in [0.2, 0.25) is 5.02 Å². The molecule has 9 heteroatoms. The molecular weight excluding hydrogens is 408 g/mol. The summed E-state index contributed by atoms with van der Waals surface area (Å²) in [5.41, 5.74) is 1.18. The molecule has 4 rings (SSSR count). The summed E-state index contributed by atoms with van der Waals surface area (Å²) >= 11 is 6.22. The van der Waals surface area contributed by atoms with Gasteiger partial charge in [0, 0.05) is 23.9 Å². The lowest BCUT2D eigenvalue weighted by atomic mass is 10.1. The lowest BCUT2D eigenvalue weighted by molar-refractivity contribution is 0.100. The molecule has 1 saturated carbocycles. The van der Waals surface area contributed by atoms with Crippen molar-refractivity contribution >= 4 is 17.5 Å². The summed E-state index contributed by atoms with van der Waals surface area (Å²) in [6.07, 6.45) is 6.06. The van der Waals surface area contributed by atoms with E-state index in [-0.39, 0.29) is 5.56 Å². The third-order valence-electron chi connectivity index (χ3n) is 4.71. The van der Waals surface area contributed by atoms with Crippen LogP contribution in [0.15, 0.2) is 54.0 Å². The highest BCUT2D eigenvalue weighted by Crippen LogP contribution is 2.32. The number of amides is 1. The van der Waals surface area contributed by atoms with E-state index in [1.165, 1.54) is 35.9 Å². The molecule has 3 aromatic rings. The minimum Gasteiger partial charge on any atom is -0.492 e. The molecule has 8 nitrogen and oxygen atoms in total. The van der Waals surface area contributed by atoms with E-state index in [4.69, 9.17) is 21.1 Å². The van der Waals surface area contributed by atoms with Gasteiger partial charge >= 0.3 is 5.91 Å². The highest BCUT2D eigenvalue weighted by Gasteiger charge is 2.22. The fraction of sp³-hybridized carbons (Fsp3) is 0.286. The number of nitroso groups, excluding NO2 is 1. The van der Waals surface area contributed by atoms with Crippen LogP contribution in [0.1, 0.15) is 28.8 Å². The quantitative estimate of drug-likeness (QED) is 0.475. The topological polar surface area (TPSA) is 95.7 Å². The van der Waals surface area contributed by atoms with Crippen LogP contribution in [-0.4, -0.2) is 33.9 Å². The molecule has 154 valence electrons.